The molecule has 0 unspecified atom stereocenters. The topological polar surface area (TPSA) is 44.5 Å². The van der Waals surface area contributed by atoms with Crippen LogP contribution in [0.5, 0.6) is 11.5 Å². The summed E-state index contributed by atoms with van der Waals surface area (Å²) >= 11 is 0. The van der Waals surface area contributed by atoms with Crippen LogP contribution in [0.15, 0.2) is 41.4 Å². The molecule has 0 amide bonds. The number of aromatic nitrogens is 1. The minimum absolute atomic E-state index is 0.331. The first kappa shape index (κ1) is 13.2. The third kappa shape index (κ3) is 3.37. The number of ether oxygens (including phenoxy) is 2. The van der Waals surface area contributed by atoms with Crippen molar-refractivity contribution in [2.45, 2.75) is 20.0 Å². The highest BCUT2D eigenvalue weighted by Gasteiger charge is 2.07. The second-order valence-corrected chi connectivity index (χ2v) is 4.20. The monoisotopic (exact) mass is 259 g/mol. The van der Waals surface area contributed by atoms with Crippen LogP contribution >= 0.6 is 0 Å². The van der Waals surface area contributed by atoms with E-state index in [0.29, 0.717) is 23.9 Å². The Kier molecular flexibility index (Phi) is 4.23. The molecule has 0 aliphatic heterocycles. The predicted molar refractivity (Wildman–Crippen MR) is 72.5 cm³/mol. The van der Waals surface area contributed by atoms with Crippen molar-refractivity contribution in [2.24, 2.45) is 0 Å². The van der Waals surface area contributed by atoms with Gasteiger partial charge in [0.15, 0.2) is 17.3 Å². The van der Waals surface area contributed by atoms with Crippen molar-refractivity contribution in [1.29, 1.82) is 0 Å². The summed E-state index contributed by atoms with van der Waals surface area (Å²) in [7, 11) is 1.62. The van der Waals surface area contributed by atoms with E-state index in [4.69, 9.17) is 14.0 Å². The second kappa shape index (κ2) is 6.09. The summed E-state index contributed by atoms with van der Waals surface area (Å²) in [6.45, 7) is 5.92. The van der Waals surface area contributed by atoms with Crippen LogP contribution < -0.4 is 9.47 Å². The van der Waals surface area contributed by atoms with Crippen LogP contribution in [-0.2, 0) is 13.0 Å². The van der Waals surface area contributed by atoms with Crippen molar-refractivity contribution in [3.05, 3.63) is 53.9 Å². The molecule has 1 aromatic heterocycles. The van der Waals surface area contributed by atoms with E-state index in [0.717, 1.165) is 17.7 Å². The molecule has 0 bridgehead atoms. The standard InChI is InChI=1S/C15H17NO3/c1-4-5-12-6-7-14(15(9-12)17-3)18-10-13-8-11(2)16-19-13/h4,6-9H,1,5,10H2,2-3H3. The maximum atomic E-state index is 5.68. The van der Waals surface area contributed by atoms with Gasteiger partial charge < -0.3 is 14.0 Å². The van der Waals surface area contributed by atoms with Gasteiger partial charge in [-0.2, -0.15) is 0 Å². The van der Waals surface area contributed by atoms with Gasteiger partial charge in [0, 0.05) is 6.07 Å². The molecule has 0 aliphatic carbocycles. The van der Waals surface area contributed by atoms with Crippen molar-refractivity contribution in [3.8, 4) is 11.5 Å². The van der Waals surface area contributed by atoms with Crippen LogP contribution in [0, 0.1) is 6.92 Å². The Morgan fingerprint density at radius 1 is 1.32 bits per heavy atom. The van der Waals surface area contributed by atoms with E-state index in [-0.39, 0.29) is 0 Å². The number of rotatable bonds is 6. The van der Waals surface area contributed by atoms with E-state index >= 15 is 0 Å². The van der Waals surface area contributed by atoms with Gasteiger partial charge in [0.2, 0.25) is 0 Å². The first-order chi connectivity index (χ1) is 9.22. The maximum absolute atomic E-state index is 5.68. The Bertz CT molecular complexity index is 560. The van der Waals surface area contributed by atoms with Crippen molar-refractivity contribution in [1.82, 2.24) is 5.16 Å². The molecule has 4 nitrogen and oxygen atoms in total. The van der Waals surface area contributed by atoms with Crippen molar-refractivity contribution in [3.63, 3.8) is 0 Å². The quantitative estimate of drug-likeness (QED) is 0.747. The largest absolute Gasteiger partial charge is 0.493 e. The molecule has 0 saturated heterocycles. The molecular formula is C15H17NO3. The van der Waals surface area contributed by atoms with E-state index in [1.165, 1.54) is 0 Å². The van der Waals surface area contributed by atoms with E-state index in [9.17, 15) is 0 Å². The van der Waals surface area contributed by atoms with Crippen molar-refractivity contribution in [2.75, 3.05) is 7.11 Å². The molecule has 2 rings (SSSR count). The molecule has 0 radical (unpaired) electrons. The van der Waals surface area contributed by atoms with Gasteiger partial charge in [-0.15, -0.1) is 6.58 Å². The van der Waals surface area contributed by atoms with Crippen molar-refractivity contribution < 1.29 is 14.0 Å². The average molecular weight is 259 g/mol. The number of nitrogens with zero attached hydrogens (tertiary/aromatic N) is 1. The van der Waals surface area contributed by atoms with Crippen LogP contribution in [0.2, 0.25) is 0 Å². The number of hydrogen-bond acceptors (Lipinski definition) is 4. The zero-order chi connectivity index (χ0) is 13.7. The highest BCUT2D eigenvalue weighted by Crippen LogP contribution is 2.29. The molecule has 0 spiro atoms. The number of hydrogen-bond donors (Lipinski definition) is 0. The summed E-state index contributed by atoms with van der Waals surface area (Å²) in [5.74, 6) is 2.08. The summed E-state index contributed by atoms with van der Waals surface area (Å²) in [4.78, 5) is 0. The van der Waals surface area contributed by atoms with E-state index in [1.54, 1.807) is 7.11 Å². The zero-order valence-electron chi connectivity index (χ0n) is 11.2. The van der Waals surface area contributed by atoms with Crippen LogP contribution in [0.1, 0.15) is 17.0 Å². The van der Waals surface area contributed by atoms with Crippen molar-refractivity contribution >= 4 is 0 Å². The predicted octanol–water partition coefficient (Wildman–Crippen LogP) is 3.30. The Morgan fingerprint density at radius 3 is 2.79 bits per heavy atom. The molecule has 4 heteroatoms. The number of allylic oxidation sites excluding steroid dienone is 1. The highest BCUT2D eigenvalue weighted by atomic mass is 16.5. The summed E-state index contributed by atoms with van der Waals surface area (Å²) in [6.07, 6.45) is 2.66. The maximum Gasteiger partial charge on any atom is 0.174 e. The molecule has 1 aromatic carbocycles. The second-order valence-electron chi connectivity index (χ2n) is 4.20. The fraction of sp³-hybridized carbons (Fsp3) is 0.267. The Labute approximate surface area is 112 Å². The highest BCUT2D eigenvalue weighted by molar-refractivity contribution is 5.43. The van der Waals surface area contributed by atoms with Gasteiger partial charge in [-0.1, -0.05) is 17.3 Å². The molecule has 0 N–H and O–H groups in total. The SMILES string of the molecule is C=CCc1ccc(OCc2cc(C)no2)c(OC)c1. The van der Waals surface area contributed by atoms with Crippen LogP contribution in [0.25, 0.3) is 0 Å². The van der Waals surface area contributed by atoms with Crippen LogP contribution in [-0.4, -0.2) is 12.3 Å². The Hall–Kier alpha value is -2.23. The van der Waals surface area contributed by atoms with Crippen LogP contribution in [0.3, 0.4) is 0 Å². The fourth-order valence-corrected chi connectivity index (χ4v) is 1.76. The Morgan fingerprint density at radius 2 is 2.16 bits per heavy atom. The first-order valence-electron chi connectivity index (χ1n) is 6.05. The molecule has 19 heavy (non-hydrogen) atoms. The lowest BCUT2D eigenvalue weighted by atomic mass is 10.1. The molecule has 1 heterocycles. The lowest BCUT2D eigenvalue weighted by Gasteiger charge is -2.10. The molecule has 0 aliphatic rings. The zero-order valence-corrected chi connectivity index (χ0v) is 11.2. The van der Waals surface area contributed by atoms with Gasteiger partial charge >= 0.3 is 0 Å². The molecular weight excluding hydrogens is 242 g/mol. The van der Waals surface area contributed by atoms with Gasteiger partial charge in [0.05, 0.1) is 12.8 Å². The summed E-state index contributed by atoms with van der Waals surface area (Å²) in [5.41, 5.74) is 1.97. The van der Waals surface area contributed by atoms with Gasteiger partial charge in [-0.05, 0) is 31.0 Å². The lowest BCUT2D eigenvalue weighted by molar-refractivity contribution is 0.238. The number of aryl methyl sites for hydroxylation is 1. The Balaban J connectivity index is 2.08. The molecule has 0 saturated carbocycles. The normalized spacial score (nSPS) is 10.2. The van der Waals surface area contributed by atoms with Gasteiger partial charge in [-0.3, -0.25) is 0 Å². The van der Waals surface area contributed by atoms with E-state index < -0.39 is 0 Å². The number of benzene rings is 1. The third-order valence-electron chi connectivity index (χ3n) is 2.65. The van der Waals surface area contributed by atoms with Gasteiger partial charge in [-0.25, -0.2) is 0 Å². The fourth-order valence-electron chi connectivity index (χ4n) is 1.76. The molecule has 100 valence electrons. The first-order valence-corrected chi connectivity index (χ1v) is 6.05. The van der Waals surface area contributed by atoms with E-state index in [1.807, 2.05) is 37.3 Å². The smallest absolute Gasteiger partial charge is 0.174 e. The lowest BCUT2D eigenvalue weighted by Crippen LogP contribution is -1.97. The van der Waals surface area contributed by atoms with Gasteiger partial charge in [0.1, 0.15) is 6.61 Å². The minimum Gasteiger partial charge on any atom is -0.493 e. The number of methoxy groups -OCH3 is 1. The minimum atomic E-state index is 0.331. The summed E-state index contributed by atoms with van der Waals surface area (Å²) in [6, 6.07) is 7.67. The average Bonchev–Trinajstić information content (AvgIpc) is 2.83. The summed E-state index contributed by atoms with van der Waals surface area (Å²) in [5, 5.41) is 3.81. The van der Waals surface area contributed by atoms with Crippen LogP contribution in [0.4, 0.5) is 0 Å². The van der Waals surface area contributed by atoms with Gasteiger partial charge in [0.25, 0.3) is 0 Å². The molecule has 0 fully saturated rings. The van der Waals surface area contributed by atoms with E-state index in [2.05, 4.69) is 11.7 Å². The molecule has 2 aromatic rings. The molecule has 0 atom stereocenters. The summed E-state index contributed by atoms with van der Waals surface area (Å²) < 4.78 is 16.1. The third-order valence-corrected chi connectivity index (χ3v) is 2.65.